The molecule has 0 radical (unpaired) electrons. The van der Waals surface area contributed by atoms with Gasteiger partial charge >= 0.3 is 0 Å². The molecule has 1 amide bonds. The van der Waals surface area contributed by atoms with Gasteiger partial charge in [-0.1, -0.05) is 11.6 Å². The summed E-state index contributed by atoms with van der Waals surface area (Å²) in [6.45, 7) is 3.02. The Labute approximate surface area is 135 Å². The van der Waals surface area contributed by atoms with Crippen molar-refractivity contribution in [3.8, 4) is 0 Å². The molecule has 22 heavy (non-hydrogen) atoms. The topological polar surface area (TPSA) is 56.7 Å². The molecule has 120 valence electrons. The molecule has 2 aliphatic heterocycles. The molecule has 1 atom stereocenters. The summed E-state index contributed by atoms with van der Waals surface area (Å²) in [5, 5.41) is 10.3. The number of hydrogen-bond donors (Lipinski definition) is 1. The number of carbonyl (C=O) groups excluding carboxylic acids is 1. The zero-order valence-electron chi connectivity index (χ0n) is 12.7. The molecule has 0 aliphatic carbocycles. The monoisotopic (exact) mass is 323 g/mol. The van der Waals surface area contributed by atoms with Gasteiger partial charge in [0.2, 0.25) is 0 Å². The minimum atomic E-state index is -0.332. The molecule has 0 bridgehead atoms. The molecule has 1 aromatic heterocycles. The first-order valence-electron chi connectivity index (χ1n) is 8.03. The molecule has 3 rings (SSSR count). The molecule has 6 heteroatoms. The molecule has 0 aromatic carbocycles. The van der Waals surface area contributed by atoms with E-state index in [4.69, 9.17) is 11.6 Å². The number of aliphatic hydroxyl groups excluding tert-OH is 1. The van der Waals surface area contributed by atoms with Crippen LogP contribution in [0.25, 0.3) is 0 Å². The van der Waals surface area contributed by atoms with Crippen LogP contribution in [0.2, 0.25) is 5.02 Å². The summed E-state index contributed by atoms with van der Waals surface area (Å²) in [5.74, 6) is 0.676. The highest BCUT2D eigenvalue weighted by atomic mass is 35.5. The number of nitrogens with zero attached hydrogens (tertiary/aromatic N) is 3. The average Bonchev–Trinajstić information content (AvgIpc) is 2.55. The van der Waals surface area contributed by atoms with E-state index < -0.39 is 0 Å². The van der Waals surface area contributed by atoms with Crippen molar-refractivity contribution in [2.24, 2.45) is 0 Å². The second-order valence-corrected chi connectivity index (χ2v) is 6.53. The Bertz CT molecular complexity index is 546. The lowest BCUT2D eigenvalue weighted by Crippen LogP contribution is -2.39. The number of aliphatic hydroxyl groups is 1. The standard InChI is InChI=1S/C16H22ClN3O2/c17-14-9-12(16(22)19-6-2-1-3-7-19)10-18-15(14)20-8-4-5-13(21)11-20/h9-10,13,21H,1-8,11H2. The van der Waals surface area contributed by atoms with Crippen molar-refractivity contribution >= 4 is 23.3 Å². The Morgan fingerprint density at radius 2 is 2.00 bits per heavy atom. The molecular formula is C16H22ClN3O2. The van der Waals surface area contributed by atoms with Gasteiger partial charge in [0.25, 0.3) is 5.91 Å². The van der Waals surface area contributed by atoms with Crippen LogP contribution in [0.15, 0.2) is 12.3 Å². The quantitative estimate of drug-likeness (QED) is 0.907. The third-order valence-electron chi connectivity index (χ3n) is 4.41. The zero-order valence-corrected chi connectivity index (χ0v) is 13.4. The van der Waals surface area contributed by atoms with Crippen molar-refractivity contribution in [1.29, 1.82) is 0 Å². The molecule has 0 spiro atoms. The van der Waals surface area contributed by atoms with Gasteiger partial charge in [-0.15, -0.1) is 0 Å². The Morgan fingerprint density at radius 3 is 2.68 bits per heavy atom. The van der Waals surface area contributed by atoms with E-state index in [1.54, 1.807) is 12.3 Å². The number of anilines is 1. The maximum Gasteiger partial charge on any atom is 0.255 e. The fraction of sp³-hybridized carbons (Fsp3) is 0.625. The van der Waals surface area contributed by atoms with E-state index in [2.05, 4.69) is 4.98 Å². The van der Waals surface area contributed by atoms with Crippen LogP contribution in [-0.2, 0) is 0 Å². The third kappa shape index (κ3) is 3.36. The van der Waals surface area contributed by atoms with Crippen molar-refractivity contribution in [3.05, 3.63) is 22.8 Å². The molecule has 3 heterocycles. The molecular weight excluding hydrogens is 302 g/mol. The van der Waals surface area contributed by atoms with Crippen molar-refractivity contribution in [2.75, 3.05) is 31.1 Å². The molecule has 2 aliphatic rings. The van der Waals surface area contributed by atoms with E-state index in [1.165, 1.54) is 6.42 Å². The molecule has 5 nitrogen and oxygen atoms in total. The first-order chi connectivity index (χ1) is 10.6. The fourth-order valence-corrected chi connectivity index (χ4v) is 3.49. The molecule has 2 saturated heterocycles. The number of β-amino-alcohol motifs (C(OH)–C–C–N with tert-alkyl or cyclic N) is 1. The van der Waals surface area contributed by atoms with Gasteiger partial charge < -0.3 is 14.9 Å². The van der Waals surface area contributed by atoms with Crippen LogP contribution in [0.5, 0.6) is 0 Å². The van der Waals surface area contributed by atoms with Gasteiger partial charge in [-0.25, -0.2) is 4.98 Å². The fourth-order valence-electron chi connectivity index (χ4n) is 3.21. The number of piperidine rings is 2. The van der Waals surface area contributed by atoms with E-state index in [0.717, 1.165) is 45.3 Å². The summed E-state index contributed by atoms with van der Waals surface area (Å²) in [6, 6.07) is 1.71. The predicted octanol–water partition coefficient (Wildman–Crippen LogP) is 2.32. The number of pyridine rings is 1. The average molecular weight is 324 g/mol. The largest absolute Gasteiger partial charge is 0.391 e. The number of hydrogen-bond acceptors (Lipinski definition) is 4. The number of aromatic nitrogens is 1. The summed E-state index contributed by atoms with van der Waals surface area (Å²) in [5.41, 5.74) is 0.549. The van der Waals surface area contributed by atoms with E-state index in [0.29, 0.717) is 22.9 Å². The highest BCUT2D eigenvalue weighted by Crippen LogP contribution is 2.27. The number of amides is 1. The number of halogens is 1. The van der Waals surface area contributed by atoms with Crippen molar-refractivity contribution in [2.45, 2.75) is 38.2 Å². The second kappa shape index (κ2) is 6.84. The lowest BCUT2D eigenvalue weighted by Gasteiger charge is -2.32. The summed E-state index contributed by atoms with van der Waals surface area (Å²) < 4.78 is 0. The first kappa shape index (κ1) is 15.6. The van der Waals surface area contributed by atoms with Gasteiger partial charge in [-0.3, -0.25) is 4.79 Å². The van der Waals surface area contributed by atoms with Crippen LogP contribution in [0.4, 0.5) is 5.82 Å². The summed E-state index contributed by atoms with van der Waals surface area (Å²) in [7, 11) is 0. The third-order valence-corrected chi connectivity index (χ3v) is 4.69. The smallest absolute Gasteiger partial charge is 0.255 e. The SMILES string of the molecule is O=C(c1cnc(N2CCCC(O)C2)c(Cl)c1)N1CCCCC1. The maximum absolute atomic E-state index is 12.5. The normalized spacial score (nSPS) is 22.7. The molecule has 0 saturated carbocycles. The van der Waals surface area contributed by atoms with E-state index >= 15 is 0 Å². The summed E-state index contributed by atoms with van der Waals surface area (Å²) >= 11 is 6.34. The minimum Gasteiger partial charge on any atom is -0.391 e. The van der Waals surface area contributed by atoms with Gasteiger partial charge in [0.1, 0.15) is 5.82 Å². The lowest BCUT2D eigenvalue weighted by atomic mass is 10.1. The highest BCUT2D eigenvalue weighted by molar-refractivity contribution is 6.33. The molecule has 2 fully saturated rings. The molecule has 1 unspecified atom stereocenters. The first-order valence-corrected chi connectivity index (χ1v) is 8.41. The van der Waals surface area contributed by atoms with Crippen LogP contribution < -0.4 is 4.90 Å². The van der Waals surface area contributed by atoms with Gasteiger partial charge in [0.05, 0.1) is 16.7 Å². The van der Waals surface area contributed by atoms with Crippen LogP contribution in [0, 0.1) is 0 Å². The van der Waals surface area contributed by atoms with Gasteiger partial charge in [0.15, 0.2) is 0 Å². The van der Waals surface area contributed by atoms with Crippen LogP contribution in [0.3, 0.4) is 0 Å². The van der Waals surface area contributed by atoms with Gasteiger partial charge in [-0.05, 0) is 38.2 Å². The van der Waals surface area contributed by atoms with Crippen LogP contribution in [0.1, 0.15) is 42.5 Å². The predicted molar refractivity (Wildman–Crippen MR) is 86.5 cm³/mol. The number of likely N-dealkylation sites (tertiary alicyclic amines) is 1. The van der Waals surface area contributed by atoms with Crippen LogP contribution in [-0.4, -0.2) is 53.2 Å². The summed E-state index contributed by atoms with van der Waals surface area (Å²) in [6.07, 6.45) is 6.35. The Balaban J connectivity index is 1.75. The molecule has 1 aromatic rings. The highest BCUT2D eigenvalue weighted by Gasteiger charge is 2.23. The van der Waals surface area contributed by atoms with E-state index in [9.17, 15) is 9.90 Å². The Morgan fingerprint density at radius 1 is 1.23 bits per heavy atom. The van der Waals surface area contributed by atoms with Gasteiger partial charge in [0, 0.05) is 32.4 Å². The lowest BCUT2D eigenvalue weighted by molar-refractivity contribution is 0.0724. The number of rotatable bonds is 2. The summed E-state index contributed by atoms with van der Waals surface area (Å²) in [4.78, 5) is 20.7. The van der Waals surface area contributed by atoms with Crippen molar-refractivity contribution in [3.63, 3.8) is 0 Å². The Hall–Kier alpha value is -1.33. The molecule has 1 N–H and O–H groups in total. The maximum atomic E-state index is 12.5. The van der Waals surface area contributed by atoms with Crippen molar-refractivity contribution < 1.29 is 9.90 Å². The number of carbonyl (C=O) groups is 1. The zero-order chi connectivity index (χ0) is 15.5. The minimum absolute atomic E-state index is 0.0133. The van der Waals surface area contributed by atoms with Gasteiger partial charge in [-0.2, -0.15) is 0 Å². The second-order valence-electron chi connectivity index (χ2n) is 6.12. The van der Waals surface area contributed by atoms with E-state index in [1.807, 2.05) is 9.80 Å². The van der Waals surface area contributed by atoms with Crippen LogP contribution >= 0.6 is 11.6 Å². The van der Waals surface area contributed by atoms with E-state index in [-0.39, 0.29) is 12.0 Å². The van der Waals surface area contributed by atoms with Crippen molar-refractivity contribution in [1.82, 2.24) is 9.88 Å². The Kier molecular flexibility index (Phi) is 4.84.